The van der Waals surface area contributed by atoms with E-state index in [1.165, 1.54) is 11.1 Å². The van der Waals surface area contributed by atoms with Gasteiger partial charge in [-0.2, -0.15) is 0 Å². The smallest absolute Gasteiger partial charge is 0.414 e. The zero-order valence-corrected chi connectivity index (χ0v) is 13.2. The summed E-state index contributed by atoms with van der Waals surface area (Å²) in [6, 6.07) is 18.4. The number of carbonyl (C=O) groups excluding carboxylic acids is 1. The molecule has 0 aromatic heterocycles. The molecule has 0 unspecified atom stereocenters. The SMILES string of the molecule is CC(C)(C)OC(=O)N1C[C@H](c2ccccc2)c2ccccc21. The van der Waals surface area contributed by atoms with Gasteiger partial charge in [-0.25, -0.2) is 4.79 Å². The van der Waals surface area contributed by atoms with E-state index < -0.39 is 5.60 Å². The van der Waals surface area contributed by atoms with Crippen molar-refractivity contribution in [3.8, 4) is 0 Å². The van der Waals surface area contributed by atoms with E-state index in [1.807, 2.05) is 57.2 Å². The van der Waals surface area contributed by atoms with Crippen molar-refractivity contribution >= 4 is 11.8 Å². The highest BCUT2D eigenvalue weighted by Crippen LogP contribution is 2.40. The van der Waals surface area contributed by atoms with Gasteiger partial charge in [-0.3, -0.25) is 4.90 Å². The molecular formula is C19H21NO2. The molecule has 1 heterocycles. The number of fused-ring (bicyclic) bond motifs is 1. The minimum Gasteiger partial charge on any atom is -0.443 e. The largest absolute Gasteiger partial charge is 0.443 e. The topological polar surface area (TPSA) is 29.5 Å². The van der Waals surface area contributed by atoms with Gasteiger partial charge >= 0.3 is 6.09 Å². The Kier molecular flexibility index (Phi) is 3.65. The van der Waals surface area contributed by atoms with E-state index >= 15 is 0 Å². The molecule has 0 aliphatic carbocycles. The fourth-order valence-electron chi connectivity index (χ4n) is 2.87. The van der Waals surface area contributed by atoms with Crippen LogP contribution in [0.1, 0.15) is 37.8 Å². The van der Waals surface area contributed by atoms with Gasteiger partial charge in [0.25, 0.3) is 0 Å². The van der Waals surface area contributed by atoms with Crippen LogP contribution in [-0.4, -0.2) is 18.2 Å². The molecule has 1 aliphatic heterocycles. The normalized spacial score (nSPS) is 17.2. The molecule has 22 heavy (non-hydrogen) atoms. The molecule has 1 amide bonds. The second kappa shape index (κ2) is 5.48. The van der Waals surface area contributed by atoms with Crippen LogP contribution in [-0.2, 0) is 4.74 Å². The summed E-state index contributed by atoms with van der Waals surface area (Å²) in [6.45, 7) is 6.29. The van der Waals surface area contributed by atoms with Crippen LogP contribution < -0.4 is 4.90 Å². The van der Waals surface area contributed by atoms with Gasteiger partial charge in [0, 0.05) is 12.5 Å². The molecule has 2 aromatic carbocycles. The summed E-state index contributed by atoms with van der Waals surface area (Å²) in [5.74, 6) is 0.199. The predicted octanol–water partition coefficient (Wildman–Crippen LogP) is 4.57. The van der Waals surface area contributed by atoms with Gasteiger partial charge in [-0.05, 0) is 38.0 Å². The number of hydrogen-bond acceptors (Lipinski definition) is 2. The lowest BCUT2D eigenvalue weighted by Gasteiger charge is -2.25. The third-order valence-corrected chi connectivity index (χ3v) is 3.78. The lowest BCUT2D eigenvalue weighted by Crippen LogP contribution is -2.36. The standard InChI is InChI=1S/C19H21NO2/c1-19(2,3)22-18(21)20-13-16(14-9-5-4-6-10-14)15-11-7-8-12-17(15)20/h4-12,16H,13H2,1-3H3/t16-/m1/s1. The number of hydrogen-bond donors (Lipinski definition) is 0. The number of carbonyl (C=O) groups is 1. The average Bonchev–Trinajstić information content (AvgIpc) is 2.86. The Morgan fingerprint density at radius 3 is 2.36 bits per heavy atom. The Bertz CT molecular complexity index is 673. The Morgan fingerprint density at radius 1 is 1.05 bits per heavy atom. The molecule has 0 spiro atoms. The van der Waals surface area contributed by atoms with Gasteiger partial charge in [-0.1, -0.05) is 48.5 Å². The minimum atomic E-state index is -0.489. The van der Waals surface area contributed by atoms with Gasteiger partial charge in [0.15, 0.2) is 0 Å². The second-order valence-corrected chi connectivity index (χ2v) is 6.61. The summed E-state index contributed by atoms with van der Waals surface area (Å²) in [4.78, 5) is 14.3. The molecule has 1 atom stereocenters. The highest BCUT2D eigenvalue weighted by molar-refractivity contribution is 5.91. The Hall–Kier alpha value is -2.29. The number of para-hydroxylation sites is 1. The van der Waals surface area contributed by atoms with E-state index in [1.54, 1.807) is 4.90 Å². The summed E-state index contributed by atoms with van der Waals surface area (Å²) in [5, 5.41) is 0. The van der Waals surface area contributed by atoms with Gasteiger partial charge < -0.3 is 4.74 Å². The molecule has 0 bridgehead atoms. The third-order valence-electron chi connectivity index (χ3n) is 3.78. The first-order valence-electron chi connectivity index (χ1n) is 7.60. The molecule has 0 fully saturated rings. The summed E-state index contributed by atoms with van der Waals surface area (Å²) < 4.78 is 5.55. The molecule has 0 saturated heterocycles. The maximum Gasteiger partial charge on any atom is 0.414 e. The zero-order valence-electron chi connectivity index (χ0n) is 13.2. The molecular weight excluding hydrogens is 274 g/mol. The number of nitrogens with zero attached hydrogens (tertiary/aromatic N) is 1. The van der Waals surface area contributed by atoms with Gasteiger partial charge in [-0.15, -0.1) is 0 Å². The van der Waals surface area contributed by atoms with Crippen LogP contribution in [0.25, 0.3) is 0 Å². The summed E-state index contributed by atoms with van der Waals surface area (Å²) in [6.07, 6.45) is -0.279. The van der Waals surface area contributed by atoms with Crippen molar-refractivity contribution in [2.75, 3.05) is 11.4 Å². The van der Waals surface area contributed by atoms with Crippen molar-refractivity contribution in [3.63, 3.8) is 0 Å². The fraction of sp³-hybridized carbons (Fsp3) is 0.316. The van der Waals surface area contributed by atoms with Crippen LogP contribution in [0.2, 0.25) is 0 Å². The Balaban J connectivity index is 1.94. The maximum atomic E-state index is 12.5. The quantitative estimate of drug-likeness (QED) is 0.771. The fourth-order valence-corrected chi connectivity index (χ4v) is 2.87. The molecule has 2 aromatic rings. The molecule has 0 radical (unpaired) electrons. The molecule has 0 saturated carbocycles. The van der Waals surface area contributed by atoms with Crippen LogP contribution >= 0.6 is 0 Å². The zero-order chi connectivity index (χ0) is 15.7. The Morgan fingerprint density at radius 2 is 1.68 bits per heavy atom. The number of ether oxygens (including phenoxy) is 1. The minimum absolute atomic E-state index is 0.199. The second-order valence-electron chi connectivity index (χ2n) is 6.61. The molecule has 3 heteroatoms. The first-order chi connectivity index (χ1) is 10.5. The van der Waals surface area contributed by atoms with E-state index in [4.69, 9.17) is 4.74 Å². The average molecular weight is 295 g/mol. The lowest BCUT2D eigenvalue weighted by atomic mass is 9.93. The van der Waals surface area contributed by atoms with Crippen molar-refractivity contribution in [3.05, 3.63) is 65.7 Å². The molecule has 1 aliphatic rings. The summed E-state index contributed by atoms with van der Waals surface area (Å²) in [5.41, 5.74) is 2.86. The van der Waals surface area contributed by atoms with Crippen molar-refractivity contribution < 1.29 is 9.53 Å². The van der Waals surface area contributed by atoms with Crippen molar-refractivity contribution in [2.24, 2.45) is 0 Å². The molecule has 3 nitrogen and oxygen atoms in total. The van der Waals surface area contributed by atoms with E-state index in [0.717, 1.165) is 5.69 Å². The first kappa shape index (κ1) is 14.6. The Labute approximate surface area is 131 Å². The van der Waals surface area contributed by atoms with Crippen LogP contribution in [0.4, 0.5) is 10.5 Å². The molecule has 0 N–H and O–H groups in total. The van der Waals surface area contributed by atoms with Gasteiger partial charge in [0.05, 0.1) is 5.69 Å². The third kappa shape index (κ3) is 2.84. The van der Waals surface area contributed by atoms with Crippen molar-refractivity contribution in [1.29, 1.82) is 0 Å². The van der Waals surface area contributed by atoms with E-state index in [9.17, 15) is 4.79 Å². The van der Waals surface area contributed by atoms with E-state index in [-0.39, 0.29) is 12.0 Å². The molecule has 114 valence electrons. The van der Waals surface area contributed by atoms with Crippen molar-refractivity contribution in [1.82, 2.24) is 0 Å². The van der Waals surface area contributed by atoms with Gasteiger partial charge in [0.1, 0.15) is 5.60 Å². The van der Waals surface area contributed by atoms with E-state index in [2.05, 4.69) is 18.2 Å². The lowest BCUT2D eigenvalue weighted by molar-refractivity contribution is 0.0583. The number of amides is 1. The van der Waals surface area contributed by atoms with Gasteiger partial charge in [0.2, 0.25) is 0 Å². The maximum absolute atomic E-state index is 12.5. The summed E-state index contributed by atoms with van der Waals surface area (Å²) in [7, 11) is 0. The number of benzene rings is 2. The van der Waals surface area contributed by atoms with Crippen LogP contribution in [0.3, 0.4) is 0 Å². The van der Waals surface area contributed by atoms with Crippen LogP contribution in [0, 0.1) is 0 Å². The number of anilines is 1. The highest BCUT2D eigenvalue weighted by atomic mass is 16.6. The molecule has 3 rings (SSSR count). The first-order valence-corrected chi connectivity index (χ1v) is 7.60. The van der Waals surface area contributed by atoms with Crippen LogP contribution in [0.15, 0.2) is 54.6 Å². The predicted molar refractivity (Wildman–Crippen MR) is 88.3 cm³/mol. The van der Waals surface area contributed by atoms with Crippen LogP contribution in [0.5, 0.6) is 0 Å². The van der Waals surface area contributed by atoms with Crippen molar-refractivity contribution in [2.45, 2.75) is 32.3 Å². The van der Waals surface area contributed by atoms with E-state index in [0.29, 0.717) is 6.54 Å². The summed E-state index contributed by atoms with van der Waals surface area (Å²) >= 11 is 0. The highest BCUT2D eigenvalue weighted by Gasteiger charge is 2.35. The number of rotatable bonds is 1. The monoisotopic (exact) mass is 295 g/mol.